The molecule has 0 aromatic carbocycles. The van der Waals surface area contributed by atoms with Crippen LogP contribution in [0.25, 0.3) is 0 Å². The van der Waals surface area contributed by atoms with E-state index in [0.29, 0.717) is 12.1 Å². The largest absolute Gasteiger partial charge is 0.303 e. The fourth-order valence-electron chi connectivity index (χ4n) is 3.35. The van der Waals surface area contributed by atoms with Crippen molar-refractivity contribution < 1.29 is 0 Å². The molecule has 1 N–H and O–H groups in total. The lowest BCUT2D eigenvalue weighted by atomic mass is 9.99. The molecule has 3 heteroatoms. The molecule has 1 nitrogen and oxygen atoms in total. The van der Waals surface area contributed by atoms with Gasteiger partial charge in [0.25, 0.3) is 0 Å². The van der Waals surface area contributed by atoms with Crippen molar-refractivity contribution in [1.82, 2.24) is 5.32 Å². The lowest BCUT2D eigenvalue weighted by Crippen LogP contribution is -2.21. The molecule has 0 bridgehead atoms. The summed E-state index contributed by atoms with van der Waals surface area (Å²) in [6, 6.07) is 5.65. The molecule has 2 aromatic rings. The van der Waals surface area contributed by atoms with Crippen LogP contribution in [-0.4, -0.2) is 0 Å². The first-order valence-electron chi connectivity index (χ1n) is 7.99. The Hall–Kier alpha value is -0.640. The van der Waals surface area contributed by atoms with Gasteiger partial charge in [0.15, 0.2) is 0 Å². The first-order chi connectivity index (χ1) is 10.0. The van der Waals surface area contributed by atoms with Crippen LogP contribution < -0.4 is 5.32 Å². The molecule has 0 saturated carbocycles. The fraction of sp³-hybridized carbons (Fsp3) is 0.556. The SMILES string of the molecule is Cc1cc(C(C)NC(C)c2cc3c(s2)CCCC3)c(C)s1. The van der Waals surface area contributed by atoms with Crippen molar-refractivity contribution >= 4 is 22.7 Å². The zero-order chi connectivity index (χ0) is 15.0. The molecule has 0 saturated heterocycles. The average molecular weight is 320 g/mol. The maximum absolute atomic E-state index is 3.79. The average Bonchev–Trinajstić information content (AvgIpc) is 3.01. The highest BCUT2D eigenvalue weighted by Crippen LogP contribution is 2.34. The standard InChI is InChI=1S/C18H25NS2/c1-11-9-16(14(4)20-11)12(2)19-13(3)18-10-15-7-5-6-8-17(15)21-18/h9-10,12-13,19H,5-8H2,1-4H3. The van der Waals surface area contributed by atoms with Crippen molar-refractivity contribution in [2.24, 2.45) is 0 Å². The topological polar surface area (TPSA) is 12.0 Å². The highest BCUT2D eigenvalue weighted by Gasteiger charge is 2.19. The van der Waals surface area contributed by atoms with Crippen LogP contribution >= 0.6 is 22.7 Å². The maximum Gasteiger partial charge on any atom is 0.0391 e. The summed E-state index contributed by atoms with van der Waals surface area (Å²) in [7, 11) is 0. The van der Waals surface area contributed by atoms with Gasteiger partial charge in [-0.15, -0.1) is 22.7 Å². The zero-order valence-electron chi connectivity index (χ0n) is 13.5. The number of hydrogen-bond acceptors (Lipinski definition) is 3. The van der Waals surface area contributed by atoms with E-state index in [1.54, 1.807) is 10.4 Å². The van der Waals surface area contributed by atoms with Gasteiger partial charge in [0.1, 0.15) is 0 Å². The van der Waals surface area contributed by atoms with Crippen LogP contribution in [0.2, 0.25) is 0 Å². The van der Waals surface area contributed by atoms with Crippen molar-refractivity contribution in [1.29, 1.82) is 0 Å². The number of nitrogens with one attached hydrogen (secondary N) is 1. The van der Waals surface area contributed by atoms with Crippen LogP contribution in [0.15, 0.2) is 12.1 Å². The summed E-state index contributed by atoms with van der Waals surface area (Å²) in [5.41, 5.74) is 3.08. The van der Waals surface area contributed by atoms with Gasteiger partial charge in [-0.1, -0.05) is 0 Å². The third-order valence-electron chi connectivity index (χ3n) is 4.49. The molecule has 1 aliphatic rings. The van der Waals surface area contributed by atoms with Gasteiger partial charge in [-0.2, -0.15) is 0 Å². The van der Waals surface area contributed by atoms with E-state index >= 15 is 0 Å². The Morgan fingerprint density at radius 1 is 1.00 bits per heavy atom. The molecule has 2 aromatic heterocycles. The quantitative estimate of drug-likeness (QED) is 0.760. The Labute approximate surface area is 136 Å². The van der Waals surface area contributed by atoms with Crippen molar-refractivity contribution in [2.45, 2.75) is 65.5 Å². The Balaban J connectivity index is 1.72. The van der Waals surface area contributed by atoms with E-state index in [1.165, 1.54) is 45.9 Å². The van der Waals surface area contributed by atoms with Crippen LogP contribution in [0.4, 0.5) is 0 Å². The summed E-state index contributed by atoms with van der Waals surface area (Å²) in [6.45, 7) is 9.03. The van der Waals surface area contributed by atoms with Gasteiger partial charge in [0.05, 0.1) is 0 Å². The van der Waals surface area contributed by atoms with Gasteiger partial charge in [0, 0.05) is 31.6 Å². The van der Waals surface area contributed by atoms with Gasteiger partial charge in [0.2, 0.25) is 0 Å². The Morgan fingerprint density at radius 3 is 2.43 bits per heavy atom. The molecule has 2 atom stereocenters. The Bertz CT molecular complexity index is 600. The van der Waals surface area contributed by atoms with E-state index in [-0.39, 0.29) is 0 Å². The minimum atomic E-state index is 0.420. The summed E-state index contributed by atoms with van der Waals surface area (Å²) in [4.78, 5) is 6.01. The first kappa shape index (κ1) is 15.3. The van der Waals surface area contributed by atoms with Crippen LogP contribution in [0.5, 0.6) is 0 Å². The highest BCUT2D eigenvalue weighted by molar-refractivity contribution is 7.12. The summed E-state index contributed by atoms with van der Waals surface area (Å²) in [5, 5.41) is 3.79. The molecule has 0 amide bonds. The highest BCUT2D eigenvalue weighted by atomic mass is 32.1. The van der Waals surface area contributed by atoms with E-state index in [1.807, 2.05) is 22.7 Å². The molecule has 0 fully saturated rings. The molecule has 1 aliphatic carbocycles. The van der Waals surface area contributed by atoms with Gasteiger partial charge in [-0.25, -0.2) is 0 Å². The summed E-state index contributed by atoms with van der Waals surface area (Å²) >= 11 is 3.94. The summed E-state index contributed by atoms with van der Waals surface area (Å²) in [6.07, 6.45) is 5.33. The molecule has 114 valence electrons. The third-order valence-corrected chi connectivity index (χ3v) is 6.89. The van der Waals surface area contributed by atoms with Crippen molar-refractivity contribution in [3.05, 3.63) is 42.8 Å². The third kappa shape index (κ3) is 3.25. The van der Waals surface area contributed by atoms with Crippen LogP contribution in [0.1, 0.15) is 69.4 Å². The van der Waals surface area contributed by atoms with E-state index in [2.05, 4.69) is 45.1 Å². The van der Waals surface area contributed by atoms with E-state index < -0.39 is 0 Å². The minimum absolute atomic E-state index is 0.420. The molecule has 21 heavy (non-hydrogen) atoms. The Morgan fingerprint density at radius 2 is 1.76 bits per heavy atom. The normalized spacial score (nSPS) is 17.5. The lowest BCUT2D eigenvalue weighted by Gasteiger charge is -2.19. The first-order valence-corrected chi connectivity index (χ1v) is 9.62. The number of fused-ring (bicyclic) bond motifs is 1. The molecule has 3 rings (SSSR count). The molecule has 0 aliphatic heterocycles. The van der Waals surface area contributed by atoms with Crippen molar-refractivity contribution in [2.75, 3.05) is 0 Å². The van der Waals surface area contributed by atoms with Gasteiger partial charge in [-0.05, 0) is 76.6 Å². The second-order valence-electron chi connectivity index (χ2n) is 6.28. The summed E-state index contributed by atoms with van der Waals surface area (Å²) in [5.74, 6) is 0. The van der Waals surface area contributed by atoms with Crippen LogP contribution in [-0.2, 0) is 12.8 Å². The van der Waals surface area contributed by atoms with Gasteiger partial charge < -0.3 is 5.32 Å². The van der Waals surface area contributed by atoms with Gasteiger partial charge >= 0.3 is 0 Å². The molecular weight excluding hydrogens is 294 g/mol. The van der Waals surface area contributed by atoms with Crippen molar-refractivity contribution in [3.63, 3.8) is 0 Å². The molecule has 0 spiro atoms. The summed E-state index contributed by atoms with van der Waals surface area (Å²) < 4.78 is 0. The van der Waals surface area contributed by atoms with Crippen LogP contribution in [0.3, 0.4) is 0 Å². The fourth-order valence-corrected chi connectivity index (χ4v) is 5.65. The lowest BCUT2D eigenvalue weighted by molar-refractivity contribution is 0.499. The Kier molecular flexibility index (Phi) is 4.53. The molecule has 2 unspecified atom stereocenters. The second-order valence-corrected chi connectivity index (χ2v) is 8.91. The predicted octanol–water partition coefficient (Wildman–Crippen LogP) is 5.72. The predicted molar refractivity (Wildman–Crippen MR) is 94.7 cm³/mol. The molecule has 0 radical (unpaired) electrons. The van der Waals surface area contributed by atoms with E-state index in [0.717, 1.165) is 0 Å². The van der Waals surface area contributed by atoms with Crippen LogP contribution in [0, 0.1) is 13.8 Å². The monoisotopic (exact) mass is 319 g/mol. The van der Waals surface area contributed by atoms with Gasteiger partial charge in [-0.3, -0.25) is 0 Å². The van der Waals surface area contributed by atoms with E-state index in [4.69, 9.17) is 0 Å². The number of thiophene rings is 2. The second kappa shape index (κ2) is 6.23. The zero-order valence-corrected chi connectivity index (χ0v) is 15.1. The number of hydrogen-bond donors (Lipinski definition) is 1. The minimum Gasteiger partial charge on any atom is -0.303 e. The smallest absolute Gasteiger partial charge is 0.0391 e. The van der Waals surface area contributed by atoms with Crippen molar-refractivity contribution in [3.8, 4) is 0 Å². The molecule has 2 heterocycles. The molecular formula is C18H25NS2. The number of aryl methyl sites for hydroxylation is 4. The maximum atomic E-state index is 3.79. The van der Waals surface area contributed by atoms with E-state index in [9.17, 15) is 0 Å². The number of rotatable bonds is 4.